The lowest BCUT2D eigenvalue weighted by molar-refractivity contribution is 0.365. The van der Waals surface area contributed by atoms with Crippen molar-refractivity contribution in [3.8, 4) is 11.8 Å². The van der Waals surface area contributed by atoms with E-state index in [-0.39, 0.29) is 12.8 Å². The number of likely N-dealkylation sites (N-methyl/N-ethyl adjacent to an activating group) is 1. The maximum absolute atomic E-state index is 3.21. The van der Waals surface area contributed by atoms with Crippen molar-refractivity contribution < 1.29 is 0 Å². The highest BCUT2D eigenvalue weighted by Gasteiger charge is 2.03. The third kappa shape index (κ3) is 6.30. The van der Waals surface area contributed by atoms with Gasteiger partial charge in [-0.1, -0.05) is 67.8 Å². The Hall–Kier alpha value is -2.04. The summed E-state index contributed by atoms with van der Waals surface area (Å²) in [6, 6.07) is 15.1. The van der Waals surface area contributed by atoms with Crippen molar-refractivity contribution in [2.24, 2.45) is 5.41 Å². The van der Waals surface area contributed by atoms with Gasteiger partial charge in [0.2, 0.25) is 0 Å². The van der Waals surface area contributed by atoms with E-state index in [0.717, 1.165) is 13.1 Å². The number of nitrogens with zero attached hydrogens (tertiary/aromatic N) is 1. The molecule has 1 nitrogen and oxygen atoms in total. The Bertz CT molecular complexity index is 703. The van der Waals surface area contributed by atoms with Crippen LogP contribution in [0.1, 0.15) is 33.8 Å². The zero-order valence-corrected chi connectivity index (χ0v) is 14.1. The molecular formula is C22H29N. The molecular weight excluding hydrogens is 278 g/mol. The van der Waals surface area contributed by atoms with Crippen LogP contribution in [0.15, 0.2) is 54.6 Å². The van der Waals surface area contributed by atoms with Gasteiger partial charge in [-0.15, -0.1) is 0 Å². The fourth-order valence-corrected chi connectivity index (χ4v) is 2.34. The molecule has 0 bridgehead atoms. The number of allylic oxidation sites excluding steroid dienone is 1. The van der Waals surface area contributed by atoms with E-state index in [0.29, 0.717) is 0 Å². The lowest BCUT2D eigenvalue weighted by Gasteiger charge is -2.15. The fourth-order valence-electron chi connectivity index (χ4n) is 2.34. The highest BCUT2D eigenvalue weighted by molar-refractivity contribution is 5.85. The first-order chi connectivity index (χ1) is 10.5. The van der Waals surface area contributed by atoms with Crippen LogP contribution in [0.25, 0.3) is 10.8 Å². The normalized spacial score (nSPS) is 11.3. The number of hydrogen-bond acceptors (Lipinski definition) is 1. The molecule has 0 atom stereocenters. The van der Waals surface area contributed by atoms with Crippen LogP contribution in [0.5, 0.6) is 0 Å². The van der Waals surface area contributed by atoms with Crippen molar-refractivity contribution in [2.75, 3.05) is 13.6 Å². The molecule has 1 heteroatoms. The highest BCUT2D eigenvalue weighted by atomic mass is 15.1. The van der Waals surface area contributed by atoms with E-state index in [1.54, 1.807) is 0 Å². The van der Waals surface area contributed by atoms with Crippen LogP contribution in [0.2, 0.25) is 0 Å². The van der Waals surface area contributed by atoms with Gasteiger partial charge in [-0.3, -0.25) is 4.90 Å². The first kappa shape index (κ1) is 19.0. The molecule has 0 aliphatic rings. The number of hydrogen-bond donors (Lipinski definition) is 0. The molecule has 0 unspecified atom stereocenters. The quantitative estimate of drug-likeness (QED) is 0.673. The lowest BCUT2D eigenvalue weighted by Crippen LogP contribution is -2.17. The third-order valence-corrected chi connectivity index (χ3v) is 3.39. The minimum absolute atomic E-state index is 0. The topological polar surface area (TPSA) is 3.24 Å². The van der Waals surface area contributed by atoms with Gasteiger partial charge in [0.25, 0.3) is 0 Å². The summed E-state index contributed by atoms with van der Waals surface area (Å²) in [5, 5.41) is 2.65. The zero-order valence-electron chi connectivity index (χ0n) is 14.1. The first-order valence-corrected chi connectivity index (χ1v) is 7.78. The van der Waals surface area contributed by atoms with Crippen LogP contribution in [-0.2, 0) is 6.54 Å². The van der Waals surface area contributed by atoms with E-state index in [1.807, 2.05) is 6.08 Å². The van der Waals surface area contributed by atoms with Gasteiger partial charge in [-0.25, -0.2) is 0 Å². The highest BCUT2D eigenvalue weighted by Crippen LogP contribution is 2.19. The van der Waals surface area contributed by atoms with Gasteiger partial charge >= 0.3 is 0 Å². The summed E-state index contributed by atoms with van der Waals surface area (Å²) in [5.74, 6) is 6.33. The minimum atomic E-state index is 0. The molecule has 0 aliphatic carbocycles. The van der Waals surface area contributed by atoms with Crippen LogP contribution in [0, 0.1) is 17.3 Å². The number of benzene rings is 2. The van der Waals surface area contributed by atoms with Gasteiger partial charge in [0.05, 0.1) is 0 Å². The average molecular weight is 307 g/mol. The summed E-state index contributed by atoms with van der Waals surface area (Å²) in [6.07, 6.45) is 4.09. The molecule has 0 aromatic heterocycles. The smallest absolute Gasteiger partial charge is 0.0240 e. The summed E-state index contributed by atoms with van der Waals surface area (Å²) in [5.41, 5.74) is 1.44. The molecule has 0 radical (unpaired) electrons. The van der Waals surface area contributed by atoms with Crippen LogP contribution < -0.4 is 0 Å². The van der Waals surface area contributed by atoms with Gasteiger partial charge in [0, 0.05) is 18.5 Å². The number of rotatable bonds is 4. The maximum Gasteiger partial charge on any atom is 0.0240 e. The molecule has 0 N–H and O–H groups in total. The molecule has 0 amide bonds. The van der Waals surface area contributed by atoms with Gasteiger partial charge in [0.15, 0.2) is 0 Å². The molecule has 0 saturated heterocycles. The average Bonchev–Trinajstić information content (AvgIpc) is 2.46. The second-order valence-electron chi connectivity index (χ2n) is 6.76. The summed E-state index contributed by atoms with van der Waals surface area (Å²) in [4.78, 5) is 2.30. The Morgan fingerprint density at radius 3 is 2.48 bits per heavy atom. The van der Waals surface area contributed by atoms with Crippen LogP contribution in [0.4, 0.5) is 0 Å². The molecule has 2 rings (SSSR count). The number of fused-ring (bicyclic) bond motifs is 1. The van der Waals surface area contributed by atoms with E-state index < -0.39 is 0 Å². The van der Waals surface area contributed by atoms with Gasteiger partial charge in [-0.2, -0.15) is 0 Å². The minimum Gasteiger partial charge on any atom is -0.298 e. The predicted octanol–water partition coefficient (Wildman–Crippen LogP) is 5.51. The molecule has 0 aliphatic heterocycles. The van der Waals surface area contributed by atoms with E-state index in [9.17, 15) is 0 Å². The lowest BCUT2D eigenvalue weighted by atomic mass is 9.98. The third-order valence-electron chi connectivity index (χ3n) is 3.39. The second-order valence-corrected chi connectivity index (χ2v) is 6.76. The maximum atomic E-state index is 3.21. The van der Waals surface area contributed by atoms with Crippen LogP contribution in [0.3, 0.4) is 0 Å². The van der Waals surface area contributed by atoms with Gasteiger partial charge in [-0.05, 0) is 50.2 Å². The van der Waals surface area contributed by atoms with Crippen LogP contribution in [-0.4, -0.2) is 18.5 Å². The van der Waals surface area contributed by atoms with Crippen molar-refractivity contribution in [3.63, 3.8) is 0 Å². The molecule has 0 spiro atoms. The fraction of sp³-hybridized carbons (Fsp3) is 0.364. The summed E-state index contributed by atoms with van der Waals surface area (Å²) >= 11 is 0. The van der Waals surface area contributed by atoms with Crippen molar-refractivity contribution in [1.29, 1.82) is 0 Å². The second kappa shape index (κ2) is 8.56. The summed E-state index contributed by atoms with van der Waals surface area (Å²) in [6.45, 7) is 8.22. The van der Waals surface area contributed by atoms with Gasteiger partial charge in [0.1, 0.15) is 0 Å². The van der Waals surface area contributed by atoms with E-state index in [2.05, 4.69) is 93.1 Å². The Morgan fingerprint density at radius 2 is 1.74 bits per heavy atom. The molecule has 122 valence electrons. The van der Waals surface area contributed by atoms with Crippen molar-refractivity contribution in [2.45, 2.75) is 34.7 Å². The summed E-state index contributed by atoms with van der Waals surface area (Å²) < 4.78 is 0. The van der Waals surface area contributed by atoms with Crippen molar-refractivity contribution in [1.82, 2.24) is 4.90 Å². The molecule has 2 aromatic carbocycles. The monoisotopic (exact) mass is 307 g/mol. The Kier molecular flexibility index (Phi) is 7.07. The Morgan fingerprint density at radius 1 is 1.04 bits per heavy atom. The molecule has 23 heavy (non-hydrogen) atoms. The van der Waals surface area contributed by atoms with Crippen LogP contribution >= 0.6 is 0 Å². The molecule has 0 saturated carbocycles. The van der Waals surface area contributed by atoms with Gasteiger partial charge < -0.3 is 0 Å². The molecule has 2 aromatic rings. The van der Waals surface area contributed by atoms with Crippen molar-refractivity contribution in [3.05, 3.63) is 60.2 Å². The zero-order chi connectivity index (χ0) is 16.0. The standard InChI is InChI=1S/C21H25N.CH4/c1-21(2,3)15-8-5-9-16-22(4)17-19-13-10-12-18-11-6-7-14-20(18)19;/h5-7,9-14H,16-17H2,1-4H3;1H4/b9-5+;. The van der Waals surface area contributed by atoms with E-state index in [1.165, 1.54) is 16.3 Å². The van der Waals surface area contributed by atoms with E-state index in [4.69, 9.17) is 0 Å². The first-order valence-electron chi connectivity index (χ1n) is 7.78. The Balaban J connectivity index is 0.00000264. The summed E-state index contributed by atoms with van der Waals surface area (Å²) in [7, 11) is 2.14. The molecule has 0 heterocycles. The largest absolute Gasteiger partial charge is 0.298 e. The van der Waals surface area contributed by atoms with E-state index >= 15 is 0 Å². The Labute approximate surface area is 142 Å². The molecule has 0 fully saturated rings. The SMILES string of the molecule is C.CN(C/C=C/C#CC(C)(C)C)Cc1cccc2ccccc12. The predicted molar refractivity (Wildman–Crippen MR) is 103 cm³/mol. The van der Waals surface area contributed by atoms with Crippen molar-refractivity contribution >= 4 is 10.8 Å².